The van der Waals surface area contributed by atoms with E-state index in [4.69, 9.17) is 16.7 Å². The van der Waals surface area contributed by atoms with Crippen molar-refractivity contribution in [1.82, 2.24) is 5.16 Å². The van der Waals surface area contributed by atoms with Crippen molar-refractivity contribution >= 4 is 17.6 Å². The molecular formula is C11H6ClF2NO4. The molecular weight excluding hydrogens is 284 g/mol. The fraction of sp³-hybridized carbons (Fsp3) is 0.0909. The maximum Gasteiger partial charge on any atom is 0.374 e. The molecule has 19 heavy (non-hydrogen) atoms. The molecule has 0 spiro atoms. The molecule has 0 saturated heterocycles. The van der Waals surface area contributed by atoms with Gasteiger partial charge in [0.25, 0.3) is 0 Å². The minimum atomic E-state index is -1.38. The van der Waals surface area contributed by atoms with Crippen LogP contribution in [-0.4, -0.2) is 23.3 Å². The van der Waals surface area contributed by atoms with Gasteiger partial charge in [-0.25, -0.2) is 9.18 Å². The predicted octanol–water partition coefficient (Wildman–Crippen LogP) is 2.98. The number of halogens is 3. The van der Waals surface area contributed by atoms with Crippen LogP contribution in [0.15, 0.2) is 16.7 Å². The van der Waals surface area contributed by atoms with Crippen molar-refractivity contribution < 1.29 is 27.9 Å². The van der Waals surface area contributed by atoms with Crippen LogP contribution < -0.4 is 4.74 Å². The Morgan fingerprint density at radius 1 is 1.42 bits per heavy atom. The minimum Gasteiger partial charge on any atom is -0.492 e. The molecule has 2 rings (SSSR count). The van der Waals surface area contributed by atoms with Gasteiger partial charge in [-0.2, -0.15) is 4.39 Å². The van der Waals surface area contributed by atoms with Crippen LogP contribution in [0, 0.1) is 11.6 Å². The van der Waals surface area contributed by atoms with E-state index in [1.54, 1.807) is 0 Å². The van der Waals surface area contributed by atoms with Crippen LogP contribution in [0.4, 0.5) is 8.78 Å². The molecule has 1 aromatic carbocycles. The molecule has 100 valence electrons. The Labute approximate surface area is 110 Å². The number of carboxylic acids is 1. The number of carboxylic acid groups (broad SMARTS) is 1. The molecule has 5 nitrogen and oxygen atoms in total. The molecule has 0 atom stereocenters. The summed E-state index contributed by atoms with van der Waals surface area (Å²) in [6.45, 7) is 0. The van der Waals surface area contributed by atoms with Crippen molar-refractivity contribution in [1.29, 1.82) is 0 Å². The summed E-state index contributed by atoms with van der Waals surface area (Å²) in [6, 6.07) is 2.03. The molecule has 1 aromatic heterocycles. The van der Waals surface area contributed by atoms with Gasteiger partial charge in [-0.15, -0.1) is 0 Å². The smallest absolute Gasteiger partial charge is 0.374 e. The van der Waals surface area contributed by atoms with Crippen LogP contribution in [0.25, 0.3) is 11.3 Å². The number of rotatable bonds is 3. The van der Waals surface area contributed by atoms with Gasteiger partial charge in [0.15, 0.2) is 11.6 Å². The number of carbonyl (C=O) groups is 1. The molecule has 0 bridgehead atoms. The number of hydrogen-bond acceptors (Lipinski definition) is 4. The lowest BCUT2D eigenvalue weighted by atomic mass is 10.1. The van der Waals surface area contributed by atoms with Gasteiger partial charge in [0.2, 0.25) is 11.6 Å². The number of ether oxygens (including phenoxy) is 1. The highest BCUT2D eigenvalue weighted by Gasteiger charge is 2.22. The van der Waals surface area contributed by atoms with Crippen LogP contribution in [0.5, 0.6) is 5.75 Å². The summed E-state index contributed by atoms with van der Waals surface area (Å²) in [5.41, 5.74) is -0.502. The summed E-state index contributed by atoms with van der Waals surface area (Å²) < 4.78 is 36.5. The molecule has 1 heterocycles. The van der Waals surface area contributed by atoms with Gasteiger partial charge in [0.05, 0.1) is 12.1 Å². The highest BCUT2D eigenvalue weighted by molar-refractivity contribution is 6.32. The first kappa shape index (κ1) is 13.3. The third-order valence-corrected chi connectivity index (χ3v) is 2.60. The third-order valence-electron chi connectivity index (χ3n) is 2.32. The standard InChI is InChI=1S/C11H6ClF2NO4/c1-18-10-5(12)2-4(8(13)9(10)14)6-3-7(11(16)17)19-15-6/h2-3H,1H3,(H,16,17). The Kier molecular flexibility index (Phi) is 3.39. The zero-order chi connectivity index (χ0) is 14.2. The second-order valence-electron chi connectivity index (χ2n) is 3.45. The molecule has 1 N–H and O–H groups in total. The molecule has 0 saturated carbocycles. The highest BCUT2D eigenvalue weighted by Crippen LogP contribution is 2.35. The summed E-state index contributed by atoms with van der Waals surface area (Å²) in [6.07, 6.45) is 0. The Morgan fingerprint density at radius 3 is 2.63 bits per heavy atom. The summed E-state index contributed by atoms with van der Waals surface area (Å²) in [5, 5.41) is 11.8. The summed E-state index contributed by atoms with van der Waals surface area (Å²) in [4.78, 5) is 10.6. The number of benzene rings is 1. The highest BCUT2D eigenvalue weighted by atomic mass is 35.5. The molecule has 2 aromatic rings. The molecule has 0 fully saturated rings. The number of aromatic nitrogens is 1. The SMILES string of the molecule is COc1c(Cl)cc(-c2cc(C(=O)O)on2)c(F)c1F. The van der Waals surface area contributed by atoms with Crippen molar-refractivity contribution in [3.05, 3.63) is 34.6 Å². The van der Waals surface area contributed by atoms with Crippen molar-refractivity contribution in [2.45, 2.75) is 0 Å². The van der Waals surface area contributed by atoms with Crippen molar-refractivity contribution in [3.63, 3.8) is 0 Å². The van der Waals surface area contributed by atoms with Gasteiger partial charge in [0, 0.05) is 11.6 Å². The maximum absolute atomic E-state index is 13.8. The van der Waals surface area contributed by atoms with Gasteiger partial charge in [-0.1, -0.05) is 16.8 Å². The monoisotopic (exact) mass is 289 g/mol. The van der Waals surface area contributed by atoms with Crippen LogP contribution in [-0.2, 0) is 0 Å². The average Bonchev–Trinajstić information content (AvgIpc) is 2.84. The van der Waals surface area contributed by atoms with Gasteiger partial charge >= 0.3 is 5.97 Å². The first-order valence-electron chi connectivity index (χ1n) is 4.87. The Morgan fingerprint density at radius 2 is 2.11 bits per heavy atom. The molecule has 8 heteroatoms. The first-order chi connectivity index (χ1) is 8.95. The molecule has 0 amide bonds. The maximum atomic E-state index is 13.8. The molecule has 0 unspecified atom stereocenters. The zero-order valence-electron chi connectivity index (χ0n) is 9.41. The number of nitrogens with zero attached hydrogens (tertiary/aromatic N) is 1. The average molecular weight is 290 g/mol. The van der Waals surface area contributed by atoms with Crippen molar-refractivity contribution in [2.24, 2.45) is 0 Å². The molecule has 0 radical (unpaired) electrons. The lowest BCUT2D eigenvalue weighted by Gasteiger charge is -2.07. The van der Waals surface area contributed by atoms with E-state index >= 15 is 0 Å². The quantitative estimate of drug-likeness (QED) is 0.879. The van der Waals surface area contributed by atoms with Gasteiger partial charge in [-0.05, 0) is 6.07 Å². The van der Waals surface area contributed by atoms with Crippen LogP contribution in [0.2, 0.25) is 5.02 Å². The molecule has 0 aliphatic rings. The van der Waals surface area contributed by atoms with E-state index in [2.05, 4.69) is 14.4 Å². The number of hydrogen-bond donors (Lipinski definition) is 1. The van der Waals surface area contributed by atoms with Crippen molar-refractivity contribution in [3.8, 4) is 17.0 Å². The van der Waals surface area contributed by atoms with Crippen LogP contribution >= 0.6 is 11.6 Å². The topological polar surface area (TPSA) is 72.6 Å². The second kappa shape index (κ2) is 4.85. The number of aromatic carboxylic acids is 1. The van der Waals surface area contributed by atoms with Gasteiger partial charge in [0.1, 0.15) is 5.69 Å². The summed E-state index contributed by atoms with van der Waals surface area (Å²) >= 11 is 5.72. The minimum absolute atomic E-state index is 0.170. The van der Waals surface area contributed by atoms with E-state index in [1.165, 1.54) is 0 Å². The van der Waals surface area contributed by atoms with E-state index in [9.17, 15) is 13.6 Å². The van der Waals surface area contributed by atoms with E-state index in [0.29, 0.717) is 0 Å². The van der Waals surface area contributed by atoms with E-state index in [0.717, 1.165) is 19.2 Å². The lowest BCUT2D eigenvalue weighted by molar-refractivity contribution is 0.0652. The molecule has 0 aliphatic heterocycles. The first-order valence-corrected chi connectivity index (χ1v) is 5.25. The zero-order valence-corrected chi connectivity index (χ0v) is 10.2. The Bertz CT molecular complexity index is 656. The van der Waals surface area contributed by atoms with E-state index < -0.39 is 29.1 Å². The fourth-order valence-electron chi connectivity index (χ4n) is 1.45. The normalized spacial score (nSPS) is 10.5. The van der Waals surface area contributed by atoms with Crippen LogP contribution in [0.1, 0.15) is 10.6 Å². The fourth-order valence-corrected chi connectivity index (χ4v) is 1.72. The van der Waals surface area contributed by atoms with Gasteiger partial charge < -0.3 is 14.4 Å². The Balaban J connectivity index is 2.59. The van der Waals surface area contributed by atoms with Gasteiger partial charge in [-0.3, -0.25) is 0 Å². The third kappa shape index (κ3) is 2.24. The predicted molar refractivity (Wildman–Crippen MR) is 60.4 cm³/mol. The van der Waals surface area contributed by atoms with E-state index in [1.807, 2.05) is 0 Å². The van der Waals surface area contributed by atoms with E-state index in [-0.39, 0.29) is 16.3 Å². The lowest BCUT2D eigenvalue weighted by Crippen LogP contribution is -1.96. The Hall–Kier alpha value is -2.15. The molecule has 0 aliphatic carbocycles. The number of methoxy groups -OCH3 is 1. The second-order valence-corrected chi connectivity index (χ2v) is 3.86. The summed E-state index contributed by atoms with van der Waals surface area (Å²) in [7, 11) is 1.14. The summed E-state index contributed by atoms with van der Waals surface area (Å²) in [5.74, 6) is -4.86. The van der Waals surface area contributed by atoms with Crippen molar-refractivity contribution in [2.75, 3.05) is 7.11 Å². The largest absolute Gasteiger partial charge is 0.492 e. The van der Waals surface area contributed by atoms with Crippen LogP contribution in [0.3, 0.4) is 0 Å².